The fourth-order valence-electron chi connectivity index (χ4n) is 3.43. The summed E-state index contributed by atoms with van der Waals surface area (Å²) in [5, 5.41) is 2.49. The Morgan fingerprint density at radius 3 is 2.76 bits per heavy atom. The number of carbonyl (C=O) groups excluding carboxylic acids is 2. The lowest BCUT2D eigenvalue weighted by molar-refractivity contribution is -0.117. The molecular formula is C17H14BFN4O2. The number of carbonyl (C=O) groups is 2. The summed E-state index contributed by atoms with van der Waals surface area (Å²) in [7, 11) is 5.84. The largest absolute Gasteiger partial charge is 0.326 e. The van der Waals surface area contributed by atoms with E-state index in [1.54, 1.807) is 17.0 Å². The zero-order valence-corrected chi connectivity index (χ0v) is 13.3. The number of fused-ring (bicyclic) bond motifs is 1. The van der Waals surface area contributed by atoms with Gasteiger partial charge in [-0.3, -0.25) is 14.9 Å². The van der Waals surface area contributed by atoms with Gasteiger partial charge in [0.25, 0.3) is 5.91 Å². The van der Waals surface area contributed by atoms with Crippen LogP contribution in [0.5, 0.6) is 0 Å². The van der Waals surface area contributed by atoms with E-state index >= 15 is 0 Å². The molecule has 8 heteroatoms. The Balaban J connectivity index is 1.52. The summed E-state index contributed by atoms with van der Waals surface area (Å²) in [5.41, 5.74) is 2.20. The molecule has 0 atom stereocenters. The first-order valence-electron chi connectivity index (χ1n) is 7.99. The minimum absolute atomic E-state index is 0.00771. The zero-order valence-electron chi connectivity index (χ0n) is 13.3. The molecular weight excluding hydrogens is 322 g/mol. The average molecular weight is 336 g/mol. The molecule has 2 aromatic rings. The molecule has 1 saturated carbocycles. The van der Waals surface area contributed by atoms with E-state index in [4.69, 9.17) is 7.85 Å². The van der Waals surface area contributed by atoms with Crippen LogP contribution in [0.4, 0.5) is 10.3 Å². The number of anilines is 1. The Hall–Kier alpha value is -2.77. The molecule has 2 bridgehead atoms. The first-order chi connectivity index (χ1) is 12.0. The van der Waals surface area contributed by atoms with Crippen molar-refractivity contribution in [3.05, 3.63) is 47.5 Å². The van der Waals surface area contributed by atoms with Crippen LogP contribution in [0.2, 0.25) is 0 Å². The predicted octanol–water partition coefficient (Wildman–Crippen LogP) is 0.750. The summed E-state index contributed by atoms with van der Waals surface area (Å²) in [4.78, 5) is 34.1. The van der Waals surface area contributed by atoms with Crippen molar-refractivity contribution in [1.29, 1.82) is 0 Å². The van der Waals surface area contributed by atoms with Gasteiger partial charge in [-0.15, -0.1) is 0 Å². The van der Waals surface area contributed by atoms with E-state index in [-0.39, 0.29) is 24.4 Å². The topological polar surface area (TPSA) is 75.2 Å². The van der Waals surface area contributed by atoms with Crippen LogP contribution in [0, 0.1) is 5.82 Å². The van der Waals surface area contributed by atoms with Crippen molar-refractivity contribution in [3.8, 4) is 0 Å². The highest BCUT2D eigenvalue weighted by Gasteiger charge is 2.43. The SMILES string of the molecule is [B]c1ccc2c(c1)C1CC(C1)N(CC(=O)Nc1ncc(F)cn1)C2=O. The van der Waals surface area contributed by atoms with Crippen LogP contribution in [-0.4, -0.2) is 47.1 Å². The molecule has 5 rings (SSSR count). The second-order valence-electron chi connectivity index (χ2n) is 6.37. The van der Waals surface area contributed by atoms with Crippen molar-refractivity contribution < 1.29 is 14.0 Å². The van der Waals surface area contributed by atoms with E-state index in [9.17, 15) is 14.0 Å². The van der Waals surface area contributed by atoms with Crippen molar-refractivity contribution in [2.45, 2.75) is 24.8 Å². The molecule has 2 amide bonds. The lowest BCUT2D eigenvalue weighted by Gasteiger charge is -2.39. The summed E-state index contributed by atoms with van der Waals surface area (Å²) in [6.07, 6.45) is 3.58. The third-order valence-electron chi connectivity index (χ3n) is 4.75. The van der Waals surface area contributed by atoms with Gasteiger partial charge in [0.2, 0.25) is 11.9 Å². The van der Waals surface area contributed by atoms with Crippen LogP contribution in [0.1, 0.15) is 34.7 Å². The molecule has 3 aliphatic rings. The van der Waals surface area contributed by atoms with Gasteiger partial charge >= 0.3 is 0 Å². The number of hydrogen-bond donors (Lipinski definition) is 1. The number of rotatable bonds is 3. The molecule has 1 aromatic heterocycles. The fraction of sp³-hybridized carbons (Fsp3) is 0.294. The molecule has 3 heterocycles. The molecule has 1 aliphatic carbocycles. The minimum atomic E-state index is -0.586. The number of hydrogen-bond acceptors (Lipinski definition) is 4. The monoisotopic (exact) mass is 336 g/mol. The molecule has 0 saturated heterocycles. The van der Waals surface area contributed by atoms with Gasteiger partial charge in [0, 0.05) is 11.6 Å². The second-order valence-corrected chi connectivity index (χ2v) is 6.37. The van der Waals surface area contributed by atoms with Gasteiger partial charge in [-0.1, -0.05) is 17.6 Å². The molecule has 1 N–H and O–H groups in total. The van der Waals surface area contributed by atoms with E-state index < -0.39 is 11.7 Å². The van der Waals surface area contributed by atoms with E-state index in [1.807, 2.05) is 6.07 Å². The van der Waals surface area contributed by atoms with Gasteiger partial charge in [0.1, 0.15) is 14.4 Å². The summed E-state index contributed by atoms with van der Waals surface area (Å²) >= 11 is 0. The summed E-state index contributed by atoms with van der Waals surface area (Å²) in [6.45, 7) is -0.0965. The van der Waals surface area contributed by atoms with E-state index in [0.29, 0.717) is 16.9 Å². The van der Waals surface area contributed by atoms with Gasteiger partial charge in [-0.25, -0.2) is 14.4 Å². The highest BCUT2D eigenvalue weighted by molar-refractivity contribution is 6.32. The summed E-state index contributed by atoms with van der Waals surface area (Å²) < 4.78 is 12.8. The van der Waals surface area contributed by atoms with Gasteiger partial charge in [-0.2, -0.15) is 0 Å². The lowest BCUT2D eigenvalue weighted by Crippen LogP contribution is -2.47. The average Bonchev–Trinajstić information content (AvgIpc) is 2.71. The van der Waals surface area contributed by atoms with Crippen molar-refractivity contribution in [2.75, 3.05) is 11.9 Å². The van der Waals surface area contributed by atoms with Gasteiger partial charge in [0.15, 0.2) is 5.82 Å². The van der Waals surface area contributed by atoms with Crippen molar-refractivity contribution >= 4 is 31.1 Å². The quantitative estimate of drug-likeness (QED) is 0.840. The maximum Gasteiger partial charge on any atom is 0.254 e. The van der Waals surface area contributed by atoms with Crippen LogP contribution < -0.4 is 10.8 Å². The van der Waals surface area contributed by atoms with Crippen molar-refractivity contribution in [1.82, 2.24) is 14.9 Å². The van der Waals surface area contributed by atoms with Crippen LogP contribution in [0.3, 0.4) is 0 Å². The standard InChI is InChI=1S/C17H14BFN4O2/c18-10-1-2-13-14(5-10)9-3-12(4-9)23(16(13)25)8-15(24)22-17-20-6-11(19)7-21-17/h1-2,5-7,9,12H,3-4,8H2,(H,20,21,22,24). The fourth-order valence-corrected chi connectivity index (χ4v) is 3.43. The Morgan fingerprint density at radius 1 is 1.32 bits per heavy atom. The number of halogens is 1. The summed E-state index contributed by atoms with van der Waals surface area (Å²) in [5.74, 6) is -0.858. The number of benzene rings is 1. The first kappa shape index (κ1) is 15.7. The van der Waals surface area contributed by atoms with Crippen molar-refractivity contribution in [3.63, 3.8) is 0 Å². The van der Waals surface area contributed by atoms with Crippen LogP contribution in [0.15, 0.2) is 30.6 Å². The highest BCUT2D eigenvalue weighted by Crippen LogP contribution is 2.44. The smallest absolute Gasteiger partial charge is 0.254 e. The van der Waals surface area contributed by atoms with E-state index in [1.165, 1.54) is 0 Å². The lowest BCUT2D eigenvalue weighted by atomic mass is 9.74. The number of aromatic nitrogens is 2. The maximum absolute atomic E-state index is 12.8. The molecule has 1 fully saturated rings. The molecule has 2 radical (unpaired) electrons. The molecule has 6 nitrogen and oxygen atoms in total. The summed E-state index contributed by atoms with van der Waals surface area (Å²) in [6, 6.07) is 5.31. The third-order valence-corrected chi connectivity index (χ3v) is 4.75. The molecule has 124 valence electrons. The first-order valence-corrected chi connectivity index (χ1v) is 7.99. The molecule has 0 spiro atoms. The maximum atomic E-state index is 12.8. The third kappa shape index (κ3) is 2.88. The van der Waals surface area contributed by atoms with Gasteiger partial charge < -0.3 is 4.90 Å². The predicted molar refractivity (Wildman–Crippen MR) is 89.2 cm³/mol. The van der Waals surface area contributed by atoms with E-state index in [2.05, 4.69) is 15.3 Å². The molecule has 2 aliphatic heterocycles. The van der Waals surface area contributed by atoms with Crippen molar-refractivity contribution in [2.24, 2.45) is 0 Å². The Labute approximate surface area is 144 Å². The highest BCUT2D eigenvalue weighted by atomic mass is 19.1. The van der Waals surface area contributed by atoms with Crippen LogP contribution >= 0.6 is 0 Å². The number of nitrogens with zero attached hydrogens (tertiary/aromatic N) is 3. The number of amides is 2. The second kappa shape index (κ2) is 5.95. The minimum Gasteiger partial charge on any atom is -0.326 e. The normalized spacial score (nSPS) is 21.2. The van der Waals surface area contributed by atoms with Crippen LogP contribution in [-0.2, 0) is 4.79 Å². The zero-order chi connectivity index (χ0) is 17.6. The Morgan fingerprint density at radius 2 is 2.04 bits per heavy atom. The molecule has 1 aromatic carbocycles. The van der Waals surface area contributed by atoms with E-state index in [0.717, 1.165) is 30.8 Å². The van der Waals surface area contributed by atoms with Gasteiger partial charge in [0.05, 0.1) is 12.4 Å². The molecule has 0 unspecified atom stereocenters. The number of nitrogens with one attached hydrogen (secondary N) is 1. The Kier molecular flexibility index (Phi) is 3.75. The van der Waals surface area contributed by atoms with Gasteiger partial charge in [-0.05, 0) is 30.4 Å². The molecule has 25 heavy (non-hydrogen) atoms. The Bertz CT molecular complexity index is 852. The van der Waals surface area contributed by atoms with Crippen LogP contribution in [0.25, 0.3) is 0 Å².